The van der Waals surface area contributed by atoms with Crippen molar-refractivity contribution in [2.75, 3.05) is 0 Å². The molecule has 4 heteroatoms. The molecule has 3 rings (SSSR count). The number of carbonyl (C=O) groups is 1. The van der Waals surface area contributed by atoms with Gasteiger partial charge in [-0.25, -0.2) is 9.79 Å². The number of aryl methyl sites for hydroxylation is 1. The van der Waals surface area contributed by atoms with E-state index >= 15 is 0 Å². The monoisotopic (exact) mass is 389 g/mol. The summed E-state index contributed by atoms with van der Waals surface area (Å²) in [6.45, 7) is 2.01. The van der Waals surface area contributed by atoms with Crippen LogP contribution in [0.3, 0.4) is 0 Å². The Morgan fingerprint density at radius 3 is 2.71 bits per heavy atom. The predicted octanol–water partition coefficient (Wildman–Crippen LogP) is 3.94. The van der Waals surface area contributed by atoms with Crippen LogP contribution >= 0.6 is 22.6 Å². The van der Waals surface area contributed by atoms with Gasteiger partial charge < -0.3 is 4.74 Å². The van der Waals surface area contributed by atoms with E-state index in [-0.39, 0.29) is 0 Å². The minimum Gasteiger partial charge on any atom is -0.402 e. The summed E-state index contributed by atoms with van der Waals surface area (Å²) in [7, 11) is 0. The third kappa shape index (κ3) is 3.21. The molecule has 0 radical (unpaired) electrons. The van der Waals surface area contributed by atoms with E-state index in [9.17, 15) is 4.79 Å². The molecule has 1 aliphatic rings. The number of cyclic esters (lactones) is 1. The fourth-order valence-electron chi connectivity index (χ4n) is 2.07. The minimum absolute atomic E-state index is 0.328. The molecule has 2 aromatic rings. The number of halogens is 1. The normalized spacial score (nSPS) is 16.0. The lowest BCUT2D eigenvalue weighted by Crippen LogP contribution is -2.05. The molecule has 1 aliphatic heterocycles. The topological polar surface area (TPSA) is 38.7 Å². The average Bonchev–Trinajstić information content (AvgIpc) is 2.80. The second kappa shape index (κ2) is 5.81. The second-order valence-corrected chi connectivity index (χ2v) is 6.01. The van der Waals surface area contributed by atoms with Gasteiger partial charge in [-0.3, -0.25) is 0 Å². The van der Waals surface area contributed by atoms with Crippen LogP contribution in [0.2, 0.25) is 0 Å². The maximum atomic E-state index is 11.9. The van der Waals surface area contributed by atoms with Gasteiger partial charge in [0, 0.05) is 9.13 Å². The van der Waals surface area contributed by atoms with Crippen molar-refractivity contribution in [3.8, 4) is 0 Å². The molecule has 0 fully saturated rings. The summed E-state index contributed by atoms with van der Waals surface area (Å²) in [5.74, 6) is -0.0530. The summed E-state index contributed by atoms with van der Waals surface area (Å²) in [5, 5.41) is 0. The van der Waals surface area contributed by atoms with E-state index in [0.29, 0.717) is 11.6 Å². The molecule has 0 unspecified atom stereocenters. The number of esters is 1. The molecule has 0 aromatic heterocycles. The first-order chi connectivity index (χ1) is 10.1. The van der Waals surface area contributed by atoms with Crippen LogP contribution in [-0.4, -0.2) is 11.9 Å². The Balaban J connectivity index is 1.95. The highest BCUT2D eigenvalue weighted by atomic mass is 127. The first-order valence-corrected chi connectivity index (χ1v) is 7.55. The molecule has 2 aromatic carbocycles. The molecule has 3 nitrogen and oxygen atoms in total. The number of rotatable bonds is 2. The maximum Gasteiger partial charge on any atom is 0.363 e. The zero-order valence-corrected chi connectivity index (χ0v) is 13.5. The number of hydrogen-bond acceptors (Lipinski definition) is 3. The lowest BCUT2D eigenvalue weighted by Gasteiger charge is -1.99. The van der Waals surface area contributed by atoms with E-state index in [1.165, 1.54) is 0 Å². The molecule has 1 heterocycles. The molecule has 0 bridgehead atoms. The van der Waals surface area contributed by atoms with Crippen LogP contribution < -0.4 is 0 Å². The SMILES string of the molecule is Cc1cccc(/C=C2/N=C(c3cccc(I)c3)OC2=O)c1. The lowest BCUT2D eigenvalue weighted by molar-refractivity contribution is -0.129. The van der Waals surface area contributed by atoms with Gasteiger partial charge in [0.1, 0.15) is 0 Å². The van der Waals surface area contributed by atoms with E-state index in [4.69, 9.17) is 4.74 Å². The third-order valence-corrected chi connectivity index (χ3v) is 3.71. The summed E-state index contributed by atoms with van der Waals surface area (Å²) in [5.41, 5.74) is 3.21. The van der Waals surface area contributed by atoms with Gasteiger partial charge in [0.15, 0.2) is 5.70 Å². The quantitative estimate of drug-likeness (QED) is 0.443. The Hall–Kier alpha value is -1.95. The van der Waals surface area contributed by atoms with Gasteiger partial charge in [-0.2, -0.15) is 0 Å². The Morgan fingerprint density at radius 1 is 1.14 bits per heavy atom. The number of ether oxygens (including phenoxy) is 1. The molecule has 0 saturated carbocycles. The molecule has 0 aliphatic carbocycles. The van der Waals surface area contributed by atoms with Gasteiger partial charge in [-0.15, -0.1) is 0 Å². The van der Waals surface area contributed by atoms with Gasteiger partial charge in [-0.1, -0.05) is 35.9 Å². The van der Waals surface area contributed by atoms with Crippen molar-refractivity contribution in [3.63, 3.8) is 0 Å². The minimum atomic E-state index is -0.412. The fourth-order valence-corrected chi connectivity index (χ4v) is 2.62. The number of nitrogens with zero attached hydrogens (tertiary/aromatic N) is 1. The van der Waals surface area contributed by atoms with Crippen molar-refractivity contribution in [3.05, 3.63) is 74.5 Å². The maximum absolute atomic E-state index is 11.9. The molecule has 0 spiro atoms. The van der Waals surface area contributed by atoms with Crippen molar-refractivity contribution in [2.24, 2.45) is 4.99 Å². The van der Waals surface area contributed by atoms with E-state index in [1.54, 1.807) is 6.08 Å². The van der Waals surface area contributed by atoms with Crippen molar-refractivity contribution in [1.29, 1.82) is 0 Å². The lowest BCUT2D eigenvalue weighted by atomic mass is 10.1. The second-order valence-electron chi connectivity index (χ2n) is 4.76. The Labute approximate surface area is 136 Å². The molecule has 0 atom stereocenters. The Bertz CT molecular complexity index is 778. The van der Waals surface area contributed by atoms with Crippen LogP contribution in [-0.2, 0) is 9.53 Å². The first kappa shape index (κ1) is 14.0. The van der Waals surface area contributed by atoms with Crippen LogP contribution in [0.1, 0.15) is 16.7 Å². The van der Waals surface area contributed by atoms with Crippen LogP contribution in [0.5, 0.6) is 0 Å². The summed E-state index contributed by atoms with van der Waals surface area (Å²) in [6, 6.07) is 15.6. The molecular formula is C17H12INO2. The molecule has 21 heavy (non-hydrogen) atoms. The Morgan fingerprint density at radius 2 is 1.95 bits per heavy atom. The highest BCUT2D eigenvalue weighted by Gasteiger charge is 2.24. The van der Waals surface area contributed by atoms with E-state index in [2.05, 4.69) is 27.6 Å². The fraction of sp³-hybridized carbons (Fsp3) is 0.0588. The van der Waals surface area contributed by atoms with Gasteiger partial charge in [-0.05, 0) is 59.4 Å². The molecule has 0 saturated heterocycles. The van der Waals surface area contributed by atoms with Crippen molar-refractivity contribution < 1.29 is 9.53 Å². The number of benzene rings is 2. The highest BCUT2D eigenvalue weighted by Crippen LogP contribution is 2.20. The van der Waals surface area contributed by atoms with Crippen LogP contribution in [0.15, 0.2) is 59.2 Å². The summed E-state index contributed by atoms with van der Waals surface area (Å²) in [4.78, 5) is 16.2. The van der Waals surface area contributed by atoms with E-state index in [0.717, 1.165) is 20.3 Å². The van der Waals surface area contributed by atoms with Gasteiger partial charge in [0.2, 0.25) is 5.90 Å². The van der Waals surface area contributed by atoms with Gasteiger partial charge >= 0.3 is 5.97 Å². The van der Waals surface area contributed by atoms with Gasteiger partial charge in [0.25, 0.3) is 0 Å². The zero-order valence-electron chi connectivity index (χ0n) is 11.3. The van der Waals surface area contributed by atoms with Gasteiger partial charge in [0.05, 0.1) is 0 Å². The van der Waals surface area contributed by atoms with Crippen LogP contribution in [0, 0.1) is 10.5 Å². The number of carbonyl (C=O) groups excluding carboxylic acids is 1. The average molecular weight is 389 g/mol. The van der Waals surface area contributed by atoms with Crippen molar-refractivity contribution in [1.82, 2.24) is 0 Å². The molecule has 0 amide bonds. The number of hydrogen-bond donors (Lipinski definition) is 0. The largest absolute Gasteiger partial charge is 0.402 e. The first-order valence-electron chi connectivity index (χ1n) is 6.47. The highest BCUT2D eigenvalue weighted by molar-refractivity contribution is 14.1. The van der Waals surface area contributed by atoms with Crippen LogP contribution in [0.4, 0.5) is 0 Å². The molecule has 104 valence electrons. The van der Waals surface area contributed by atoms with E-state index in [1.807, 2.05) is 55.5 Å². The smallest absolute Gasteiger partial charge is 0.363 e. The zero-order chi connectivity index (χ0) is 14.8. The Kier molecular flexibility index (Phi) is 3.88. The summed E-state index contributed by atoms with van der Waals surface area (Å²) < 4.78 is 6.33. The predicted molar refractivity (Wildman–Crippen MR) is 90.9 cm³/mol. The summed E-state index contributed by atoms with van der Waals surface area (Å²) >= 11 is 2.21. The van der Waals surface area contributed by atoms with Crippen molar-refractivity contribution in [2.45, 2.75) is 6.92 Å². The standard InChI is InChI=1S/C17H12INO2/c1-11-4-2-5-12(8-11)9-15-17(20)21-16(19-15)13-6-3-7-14(18)10-13/h2-10H,1H3/b15-9+. The molecular weight excluding hydrogens is 377 g/mol. The molecule has 0 N–H and O–H groups in total. The van der Waals surface area contributed by atoms with E-state index < -0.39 is 5.97 Å². The number of aliphatic imine (C=N–C) groups is 1. The third-order valence-electron chi connectivity index (χ3n) is 3.04. The summed E-state index contributed by atoms with van der Waals surface area (Å²) in [6.07, 6.45) is 1.75. The van der Waals surface area contributed by atoms with Crippen molar-refractivity contribution >= 4 is 40.5 Å². The van der Waals surface area contributed by atoms with Crippen LogP contribution in [0.25, 0.3) is 6.08 Å².